The largest absolute Gasteiger partial charge is 0.316 e. The van der Waals surface area contributed by atoms with Crippen molar-refractivity contribution >= 4 is 23.1 Å². The van der Waals surface area contributed by atoms with Gasteiger partial charge in [0.15, 0.2) is 0 Å². The molecule has 78 valence electrons. The normalized spacial score (nSPS) is 23.1. The van der Waals surface area contributed by atoms with Gasteiger partial charge < -0.3 is 5.32 Å². The van der Waals surface area contributed by atoms with Crippen LogP contribution in [0.4, 0.5) is 0 Å². The standard InChI is InChI=1S/C8H13ClN4S/c1-10-6-2-3-13(4-6)5-7-8(9)14-12-11-7/h6,10H,2-5H2,1H3. The van der Waals surface area contributed by atoms with E-state index in [1.807, 2.05) is 7.05 Å². The van der Waals surface area contributed by atoms with Crippen LogP contribution >= 0.6 is 23.1 Å². The molecule has 0 aliphatic carbocycles. The molecule has 0 bridgehead atoms. The number of nitrogens with zero attached hydrogens (tertiary/aromatic N) is 3. The number of nitrogens with one attached hydrogen (secondary N) is 1. The third kappa shape index (κ3) is 2.23. The van der Waals surface area contributed by atoms with Gasteiger partial charge in [0.25, 0.3) is 0 Å². The summed E-state index contributed by atoms with van der Waals surface area (Å²) in [6, 6.07) is 0.611. The first-order valence-electron chi connectivity index (χ1n) is 4.66. The average molecular weight is 233 g/mol. The van der Waals surface area contributed by atoms with Crippen molar-refractivity contribution < 1.29 is 0 Å². The van der Waals surface area contributed by atoms with Crippen LogP contribution in [-0.4, -0.2) is 40.7 Å². The Labute approximate surface area is 92.4 Å². The Bertz CT molecular complexity index is 303. The van der Waals surface area contributed by atoms with Gasteiger partial charge in [-0.25, -0.2) is 0 Å². The molecule has 1 aliphatic heterocycles. The molecule has 1 N–H and O–H groups in total. The van der Waals surface area contributed by atoms with E-state index in [1.54, 1.807) is 0 Å². The summed E-state index contributed by atoms with van der Waals surface area (Å²) in [6.07, 6.45) is 1.20. The zero-order valence-corrected chi connectivity index (χ0v) is 9.61. The van der Waals surface area contributed by atoms with Crippen LogP contribution in [0.25, 0.3) is 0 Å². The van der Waals surface area contributed by atoms with Crippen LogP contribution in [0.15, 0.2) is 0 Å². The second-order valence-electron chi connectivity index (χ2n) is 3.50. The molecule has 0 radical (unpaired) electrons. The van der Waals surface area contributed by atoms with E-state index < -0.39 is 0 Å². The molecule has 6 heteroatoms. The van der Waals surface area contributed by atoms with E-state index in [0.29, 0.717) is 6.04 Å². The smallest absolute Gasteiger partial charge is 0.138 e. The highest BCUT2D eigenvalue weighted by atomic mass is 35.5. The van der Waals surface area contributed by atoms with Gasteiger partial charge >= 0.3 is 0 Å². The first-order valence-corrected chi connectivity index (χ1v) is 5.81. The maximum Gasteiger partial charge on any atom is 0.138 e. The lowest BCUT2D eigenvalue weighted by atomic mass is 10.3. The van der Waals surface area contributed by atoms with Gasteiger partial charge in [0.2, 0.25) is 0 Å². The maximum atomic E-state index is 5.94. The number of likely N-dealkylation sites (N-methyl/N-ethyl adjacent to an activating group) is 1. The molecular formula is C8H13ClN4S. The van der Waals surface area contributed by atoms with E-state index in [4.69, 9.17) is 11.6 Å². The lowest BCUT2D eigenvalue weighted by Gasteiger charge is -2.13. The van der Waals surface area contributed by atoms with Crippen LogP contribution < -0.4 is 5.32 Å². The fourth-order valence-corrected chi connectivity index (χ4v) is 2.33. The monoisotopic (exact) mass is 232 g/mol. The van der Waals surface area contributed by atoms with Crippen molar-refractivity contribution in [1.29, 1.82) is 0 Å². The highest BCUT2D eigenvalue weighted by Gasteiger charge is 2.22. The number of aromatic nitrogens is 2. The molecule has 2 heterocycles. The Balaban J connectivity index is 1.90. The Hall–Kier alpha value is -0.230. The van der Waals surface area contributed by atoms with E-state index >= 15 is 0 Å². The molecule has 1 aromatic heterocycles. The minimum Gasteiger partial charge on any atom is -0.316 e. The number of hydrogen-bond donors (Lipinski definition) is 1. The molecule has 1 aliphatic rings. The molecule has 0 amide bonds. The fraction of sp³-hybridized carbons (Fsp3) is 0.750. The molecule has 1 atom stereocenters. The maximum absolute atomic E-state index is 5.94. The minimum absolute atomic E-state index is 0.611. The molecule has 1 saturated heterocycles. The summed E-state index contributed by atoms with van der Waals surface area (Å²) in [4.78, 5) is 2.35. The molecule has 0 aromatic carbocycles. The van der Waals surface area contributed by atoms with Gasteiger partial charge in [0.05, 0.1) is 0 Å². The van der Waals surface area contributed by atoms with Gasteiger partial charge in [0, 0.05) is 37.2 Å². The Morgan fingerprint density at radius 1 is 1.71 bits per heavy atom. The Kier molecular flexibility index (Phi) is 3.33. The van der Waals surface area contributed by atoms with Crippen molar-refractivity contribution in [1.82, 2.24) is 19.8 Å². The average Bonchev–Trinajstić information content (AvgIpc) is 2.77. The third-order valence-corrected chi connectivity index (χ3v) is 3.55. The molecule has 14 heavy (non-hydrogen) atoms. The van der Waals surface area contributed by atoms with Crippen molar-refractivity contribution in [3.8, 4) is 0 Å². The summed E-state index contributed by atoms with van der Waals surface area (Å²) in [5, 5.41) is 7.28. The molecule has 4 nitrogen and oxygen atoms in total. The van der Waals surface area contributed by atoms with Gasteiger partial charge in [0.1, 0.15) is 10.0 Å². The molecular weight excluding hydrogens is 220 g/mol. The topological polar surface area (TPSA) is 41.0 Å². The molecule has 1 fully saturated rings. The van der Waals surface area contributed by atoms with Gasteiger partial charge in [-0.15, -0.1) is 5.10 Å². The van der Waals surface area contributed by atoms with E-state index in [-0.39, 0.29) is 0 Å². The van der Waals surface area contributed by atoms with Crippen LogP contribution in [-0.2, 0) is 6.54 Å². The molecule has 1 aromatic rings. The highest BCUT2D eigenvalue weighted by Crippen LogP contribution is 2.20. The van der Waals surface area contributed by atoms with Crippen molar-refractivity contribution in [3.05, 3.63) is 10.0 Å². The molecule has 0 saturated carbocycles. The quantitative estimate of drug-likeness (QED) is 0.844. The van der Waals surface area contributed by atoms with Gasteiger partial charge in [-0.2, -0.15) is 0 Å². The molecule has 0 spiro atoms. The Morgan fingerprint density at radius 2 is 2.57 bits per heavy atom. The van der Waals surface area contributed by atoms with Crippen LogP contribution in [0.1, 0.15) is 12.1 Å². The summed E-state index contributed by atoms with van der Waals surface area (Å²) in [7, 11) is 2.01. The Morgan fingerprint density at radius 3 is 3.14 bits per heavy atom. The van der Waals surface area contributed by atoms with Gasteiger partial charge in [-0.3, -0.25) is 4.90 Å². The second kappa shape index (κ2) is 4.53. The second-order valence-corrected chi connectivity index (χ2v) is 4.86. The first kappa shape index (κ1) is 10.3. The molecule has 2 rings (SSSR count). The van der Waals surface area contributed by atoms with Crippen molar-refractivity contribution in [2.45, 2.75) is 19.0 Å². The van der Waals surface area contributed by atoms with Crippen LogP contribution in [0, 0.1) is 0 Å². The summed E-state index contributed by atoms with van der Waals surface area (Å²) < 4.78 is 4.54. The van der Waals surface area contributed by atoms with Crippen LogP contribution in [0.3, 0.4) is 0 Å². The van der Waals surface area contributed by atoms with Gasteiger partial charge in [-0.05, 0) is 13.5 Å². The number of likely N-dealkylation sites (tertiary alicyclic amines) is 1. The van der Waals surface area contributed by atoms with E-state index in [0.717, 1.165) is 29.7 Å². The predicted molar refractivity (Wildman–Crippen MR) is 57.7 cm³/mol. The third-order valence-electron chi connectivity index (χ3n) is 2.56. The van der Waals surface area contributed by atoms with E-state index in [9.17, 15) is 0 Å². The predicted octanol–water partition coefficient (Wildman–Crippen LogP) is 0.985. The molecule has 1 unspecified atom stereocenters. The van der Waals surface area contributed by atoms with Crippen molar-refractivity contribution in [2.24, 2.45) is 0 Å². The summed E-state index contributed by atoms with van der Waals surface area (Å²) in [6.45, 7) is 3.01. The first-order chi connectivity index (χ1) is 6.79. The fourth-order valence-electron chi connectivity index (χ4n) is 1.72. The van der Waals surface area contributed by atoms with Gasteiger partial charge in [-0.1, -0.05) is 16.1 Å². The lowest BCUT2D eigenvalue weighted by molar-refractivity contribution is 0.318. The van der Waals surface area contributed by atoms with E-state index in [1.165, 1.54) is 18.0 Å². The SMILES string of the molecule is CNC1CCN(Cc2nnsc2Cl)C1. The summed E-state index contributed by atoms with van der Waals surface area (Å²) in [5.74, 6) is 0. The van der Waals surface area contributed by atoms with Crippen LogP contribution in [0.5, 0.6) is 0 Å². The summed E-state index contributed by atoms with van der Waals surface area (Å²) >= 11 is 7.20. The minimum atomic E-state index is 0.611. The van der Waals surface area contributed by atoms with Crippen LogP contribution in [0.2, 0.25) is 4.34 Å². The van der Waals surface area contributed by atoms with E-state index in [2.05, 4.69) is 19.8 Å². The van der Waals surface area contributed by atoms with Crippen molar-refractivity contribution in [2.75, 3.05) is 20.1 Å². The van der Waals surface area contributed by atoms with Crippen molar-refractivity contribution in [3.63, 3.8) is 0 Å². The highest BCUT2D eigenvalue weighted by molar-refractivity contribution is 7.10. The zero-order chi connectivity index (χ0) is 9.97. The number of hydrogen-bond acceptors (Lipinski definition) is 5. The number of halogens is 1. The summed E-state index contributed by atoms with van der Waals surface area (Å²) in [5.41, 5.74) is 0.911. The number of rotatable bonds is 3. The zero-order valence-electron chi connectivity index (χ0n) is 8.03. The lowest BCUT2D eigenvalue weighted by Crippen LogP contribution is -2.29.